The number of carbonyl (C=O) groups is 1. The Morgan fingerprint density at radius 2 is 1.89 bits per heavy atom. The van der Waals surface area contributed by atoms with Crippen molar-refractivity contribution in [2.24, 2.45) is 0 Å². The summed E-state index contributed by atoms with van der Waals surface area (Å²) in [5, 5.41) is 8.07. The van der Waals surface area contributed by atoms with Gasteiger partial charge in [0.2, 0.25) is 17.6 Å². The van der Waals surface area contributed by atoms with E-state index in [1.165, 1.54) is 5.56 Å². The van der Waals surface area contributed by atoms with Gasteiger partial charge in [0, 0.05) is 35.0 Å². The van der Waals surface area contributed by atoms with Crippen LogP contribution in [0.25, 0.3) is 11.4 Å². The highest BCUT2D eigenvalue weighted by molar-refractivity contribution is 6.35. The molecule has 3 rings (SSSR count). The molecule has 2 aromatic carbocycles. The second-order valence-corrected chi connectivity index (χ2v) is 7.24. The van der Waals surface area contributed by atoms with E-state index in [-0.39, 0.29) is 12.3 Å². The number of hydrogen-bond acceptors (Lipinski definition) is 4. The Kier molecular flexibility index (Phi) is 7.06. The molecule has 0 atom stereocenters. The topological polar surface area (TPSA) is 68.0 Å². The van der Waals surface area contributed by atoms with E-state index >= 15 is 0 Å². The molecule has 0 bridgehead atoms. The summed E-state index contributed by atoms with van der Waals surface area (Å²) in [6.07, 6.45) is 2.30. The third-order valence-corrected chi connectivity index (χ3v) is 4.97. The Morgan fingerprint density at radius 3 is 2.61 bits per heavy atom. The van der Waals surface area contributed by atoms with Crippen LogP contribution in [0.4, 0.5) is 0 Å². The van der Waals surface area contributed by atoms with Gasteiger partial charge in [-0.05, 0) is 36.1 Å². The Labute approximate surface area is 174 Å². The monoisotopic (exact) mass is 417 g/mol. The zero-order valence-corrected chi connectivity index (χ0v) is 17.1. The molecule has 1 aromatic heterocycles. The fourth-order valence-corrected chi connectivity index (χ4v) is 3.24. The average Bonchev–Trinajstić information content (AvgIpc) is 3.17. The quantitative estimate of drug-likeness (QED) is 0.565. The highest BCUT2D eigenvalue weighted by Gasteiger charge is 2.11. The van der Waals surface area contributed by atoms with Crippen LogP contribution in [0.2, 0.25) is 10.0 Å². The molecule has 3 aromatic rings. The largest absolute Gasteiger partial charge is 0.356 e. The van der Waals surface area contributed by atoms with Gasteiger partial charge >= 0.3 is 0 Å². The first-order valence-corrected chi connectivity index (χ1v) is 9.93. The van der Waals surface area contributed by atoms with Crippen molar-refractivity contribution in [3.05, 3.63) is 69.5 Å². The van der Waals surface area contributed by atoms with Crippen LogP contribution in [-0.4, -0.2) is 22.6 Å². The maximum Gasteiger partial charge on any atom is 0.227 e. The molecule has 7 heteroatoms. The van der Waals surface area contributed by atoms with Crippen LogP contribution in [0.15, 0.2) is 47.0 Å². The molecule has 1 heterocycles. The maximum atomic E-state index is 12.0. The SMILES string of the molecule is CCc1ccc(-c2noc(CCC(=O)NCCc3ccc(Cl)cc3Cl)n2)cc1. The van der Waals surface area contributed by atoms with Crippen molar-refractivity contribution in [3.8, 4) is 11.4 Å². The number of halogens is 2. The number of benzene rings is 2. The fraction of sp³-hybridized carbons (Fsp3) is 0.286. The van der Waals surface area contributed by atoms with Crippen molar-refractivity contribution < 1.29 is 9.32 Å². The maximum absolute atomic E-state index is 12.0. The van der Waals surface area contributed by atoms with Crippen LogP contribution >= 0.6 is 23.2 Å². The van der Waals surface area contributed by atoms with Crippen LogP contribution in [-0.2, 0) is 24.1 Å². The molecule has 0 unspecified atom stereocenters. The van der Waals surface area contributed by atoms with Gasteiger partial charge in [-0.3, -0.25) is 4.79 Å². The first-order chi connectivity index (χ1) is 13.5. The summed E-state index contributed by atoms with van der Waals surface area (Å²) in [7, 11) is 0. The lowest BCUT2D eigenvalue weighted by Crippen LogP contribution is -2.26. The molecule has 0 saturated heterocycles. The number of aryl methyl sites for hydroxylation is 2. The molecule has 0 spiro atoms. The number of amides is 1. The van der Waals surface area contributed by atoms with Crippen LogP contribution in [0.3, 0.4) is 0 Å². The molecule has 0 aliphatic rings. The van der Waals surface area contributed by atoms with E-state index in [4.69, 9.17) is 27.7 Å². The summed E-state index contributed by atoms with van der Waals surface area (Å²) in [6, 6.07) is 13.4. The second kappa shape index (κ2) is 9.71. The van der Waals surface area contributed by atoms with Crippen LogP contribution < -0.4 is 5.32 Å². The number of nitrogens with zero attached hydrogens (tertiary/aromatic N) is 2. The minimum atomic E-state index is -0.0721. The van der Waals surface area contributed by atoms with E-state index < -0.39 is 0 Å². The molecular formula is C21H21Cl2N3O2. The Balaban J connectivity index is 1.45. The lowest BCUT2D eigenvalue weighted by atomic mass is 10.1. The van der Waals surface area contributed by atoms with Crippen molar-refractivity contribution in [1.82, 2.24) is 15.5 Å². The molecule has 0 saturated carbocycles. The first kappa shape index (κ1) is 20.4. The highest BCUT2D eigenvalue weighted by atomic mass is 35.5. The van der Waals surface area contributed by atoms with Crippen molar-refractivity contribution in [2.75, 3.05) is 6.54 Å². The molecule has 0 aliphatic carbocycles. The summed E-state index contributed by atoms with van der Waals surface area (Å²) < 4.78 is 5.26. The van der Waals surface area contributed by atoms with Crippen LogP contribution in [0.1, 0.15) is 30.4 Å². The van der Waals surface area contributed by atoms with Gasteiger partial charge in [0.05, 0.1) is 0 Å². The van der Waals surface area contributed by atoms with Gasteiger partial charge < -0.3 is 9.84 Å². The van der Waals surface area contributed by atoms with Gasteiger partial charge in [0.1, 0.15) is 0 Å². The molecule has 146 valence electrons. The first-order valence-electron chi connectivity index (χ1n) is 9.17. The van der Waals surface area contributed by atoms with Crippen molar-refractivity contribution in [1.29, 1.82) is 0 Å². The van der Waals surface area contributed by atoms with Gasteiger partial charge in [0.25, 0.3) is 0 Å². The third kappa shape index (κ3) is 5.57. The Hall–Kier alpha value is -2.37. The van der Waals surface area contributed by atoms with E-state index in [9.17, 15) is 4.79 Å². The minimum absolute atomic E-state index is 0.0721. The number of nitrogens with one attached hydrogen (secondary N) is 1. The standard InChI is InChI=1S/C21H21Cl2N3O2/c1-2-14-3-5-16(6-4-14)21-25-20(28-26-21)10-9-19(27)24-12-11-15-7-8-17(22)13-18(15)23/h3-8,13H,2,9-12H2,1H3,(H,24,27). The number of aromatic nitrogens is 2. The van der Waals surface area contributed by atoms with Crippen molar-refractivity contribution in [2.45, 2.75) is 32.6 Å². The number of hydrogen-bond donors (Lipinski definition) is 1. The molecule has 0 aliphatic heterocycles. The predicted octanol–water partition coefficient (Wildman–Crippen LogP) is 4.90. The van der Waals surface area contributed by atoms with E-state index in [1.807, 2.05) is 30.3 Å². The molecule has 0 radical (unpaired) electrons. The lowest BCUT2D eigenvalue weighted by Gasteiger charge is -2.06. The van der Waals surface area contributed by atoms with E-state index in [2.05, 4.69) is 22.4 Å². The van der Waals surface area contributed by atoms with E-state index in [1.54, 1.807) is 12.1 Å². The molecular weight excluding hydrogens is 397 g/mol. The highest BCUT2D eigenvalue weighted by Crippen LogP contribution is 2.21. The molecule has 1 N–H and O–H groups in total. The molecule has 5 nitrogen and oxygen atoms in total. The summed E-state index contributed by atoms with van der Waals surface area (Å²) in [5.41, 5.74) is 3.10. The zero-order chi connectivity index (χ0) is 19.9. The second-order valence-electron chi connectivity index (χ2n) is 6.40. The Morgan fingerprint density at radius 1 is 1.11 bits per heavy atom. The lowest BCUT2D eigenvalue weighted by molar-refractivity contribution is -0.121. The van der Waals surface area contributed by atoms with Gasteiger partial charge in [-0.15, -0.1) is 0 Å². The minimum Gasteiger partial charge on any atom is -0.356 e. The molecule has 1 amide bonds. The predicted molar refractivity (Wildman–Crippen MR) is 111 cm³/mol. The van der Waals surface area contributed by atoms with Crippen molar-refractivity contribution >= 4 is 29.1 Å². The Bertz CT molecular complexity index is 939. The number of rotatable bonds is 8. The molecule has 28 heavy (non-hydrogen) atoms. The van der Waals surface area contributed by atoms with Gasteiger partial charge in [-0.2, -0.15) is 4.98 Å². The van der Waals surface area contributed by atoms with Gasteiger partial charge in [-0.1, -0.05) is 65.6 Å². The summed E-state index contributed by atoms with van der Waals surface area (Å²) in [4.78, 5) is 16.4. The fourth-order valence-electron chi connectivity index (χ4n) is 2.73. The van der Waals surface area contributed by atoms with Crippen molar-refractivity contribution in [3.63, 3.8) is 0 Å². The summed E-state index contributed by atoms with van der Waals surface area (Å²) in [5.74, 6) is 0.915. The normalized spacial score (nSPS) is 10.8. The smallest absolute Gasteiger partial charge is 0.227 e. The van der Waals surface area contributed by atoms with E-state index in [0.29, 0.717) is 41.1 Å². The third-order valence-electron chi connectivity index (χ3n) is 4.39. The zero-order valence-electron chi connectivity index (χ0n) is 15.5. The van der Waals surface area contributed by atoms with Crippen LogP contribution in [0.5, 0.6) is 0 Å². The molecule has 0 fully saturated rings. The summed E-state index contributed by atoms with van der Waals surface area (Å²) in [6.45, 7) is 2.61. The number of carbonyl (C=O) groups excluding carboxylic acids is 1. The van der Waals surface area contributed by atoms with E-state index in [0.717, 1.165) is 17.5 Å². The average molecular weight is 418 g/mol. The van der Waals surface area contributed by atoms with Crippen LogP contribution in [0, 0.1) is 0 Å². The summed E-state index contributed by atoms with van der Waals surface area (Å²) >= 11 is 12.0. The van der Waals surface area contributed by atoms with Gasteiger partial charge in [-0.25, -0.2) is 0 Å². The van der Waals surface area contributed by atoms with Gasteiger partial charge in [0.15, 0.2) is 0 Å².